The molecule has 116 valence electrons. The van der Waals surface area contributed by atoms with Gasteiger partial charge in [0.2, 0.25) is 0 Å². The first kappa shape index (κ1) is 17.3. The van der Waals surface area contributed by atoms with Gasteiger partial charge in [-0.3, -0.25) is 0 Å². The summed E-state index contributed by atoms with van der Waals surface area (Å²) in [7, 11) is 0. The first-order valence-corrected chi connectivity index (χ1v) is 8.99. The summed E-state index contributed by atoms with van der Waals surface area (Å²) >= 11 is 0. The van der Waals surface area contributed by atoms with Crippen molar-refractivity contribution in [3.63, 3.8) is 0 Å². The fourth-order valence-electron chi connectivity index (χ4n) is 2.97. The van der Waals surface area contributed by atoms with Crippen molar-refractivity contribution in [2.24, 2.45) is 0 Å². The van der Waals surface area contributed by atoms with Gasteiger partial charge < -0.3 is 4.90 Å². The lowest BCUT2D eigenvalue weighted by atomic mass is 10.1. The quantitative estimate of drug-likeness (QED) is 0.391. The highest BCUT2D eigenvalue weighted by atomic mass is 15.1. The monoisotopic (exact) mass is 277 g/mol. The molecule has 0 amide bonds. The van der Waals surface area contributed by atoms with E-state index in [1.165, 1.54) is 77.2 Å². The number of rotatable bonds is 12. The van der Waals surface area contributed by atoms with E-state index < -0.39 is 0 Å². The van der Waals surface area contributed by atoms with E-state index in [4.69, 9.17) is 0 Å². The maximum Gasteiger partial charge on any atom is 0.0467 e. The van der Waals surface area contributed by atoms with E-state index >= 15 is 0 Å². The predicted molar refractivity (Wildman–Crippen MR) is 90.9 cm³/mol. The second kappa shape index (κ2) is 12.1. The molecule has 1 atom stereocenters. The first-order chi connectivity index (χ1) is 9.88. The van der Waals surface area contributed by atoms with Crippen LogP contribution >= 0.6 is 0 Å². The molecule has 0 radical (unpaired) electrons. The zero-order chi connectivity index (χ0) is 14.5. The van der Waals surface area contributed by atoms with Gasteiger partial charge in [-0.25, -0.2) is 0 Å². The number of hydrogen-bond donors (Lipinski definition) is 0. The zero-order valence-corrected chi connectivity index (χ0v) is 13.8. The summed E-state index contributed by atoms with van der Waals surface area (Å²) in [6.07, 6.45) is 24.4. The molecule has 0 fully saturated rings. The third-order valence-electron chi connectivity index (χ3n) is 4.34. The van der Waals surface area contributed by atoms with E-state index in [0.717, 1.165) is 0 Å². The normalized spacial score (nSPS) is 17.9. The standard InChI is InChI=1S/C19H35N/c1-3-5-6-7-8-9-10-11-12-14-17-20-18-15-13-16-19(20)4-2/h13,15-16,18-19H,3-12,14,17H2,1-2H3. The zero-order valence-electron chi connectivity index (χ0n) is 13.8. The van der Waals surface area contributed by atoms with E-state index in [1.54, 1.807) is 0 Å². The Hall–Kier alpha value is -0.720. The van der Waals surface area contributed by atoms with E-state index in [2.05, 4.69) is 43.2 Å². The third-order valence-corrected chi connectivity index (χ3v) is 4.34. The van der Waals surface area contributed by atoms with Gasteiger partial charge in [0.1, 0.15) is 0 Å². The van der Waals surface area contributed by atoms with Gasteiger partial charge in [0.05, 0.1) is 0 Å². The minimum atomic E-state index is 0.638. The minimum absolute atomic E-state index is 0.638. The van der Waals surface area contributed by atoms with Crippen LogP contribution in [0.2, 0.25) is 0 Å². The summed E-state index contributed by atoms with van der Waals surface area (Å²) in [5, 5.41) is 0. The number of unbranched alkanes of at least 4 members (excludes halogenated alkanes) is 9. The van der Waals surface area contributed by atoms with Crippen LogP contribution in [0.5, 0.6) is 0 Å². The van der Waals surface area contributed by atoms with Gasteiger partial charge in [-0.15, -0.1) is 0 Å². The minimum Gasteiger partial charge on any atom is -0.371 e. The summed E-state index contributed by atoms with van der Waals surface area (Å²) in [5.74, 6) is 0. The van der Waals surface area contributed by atoms with Crippen LogP contribution in [0.1, 0.15) is 84.5 Å². The largest absolute Gasteiger partial charge is 0.371 e. The van der Waals surface area contributed by atoms with Gasteiger partial charge in [0.25, 0.3) is 0 Å². The fraction of sp³-hybridized carbons (Fsp3) is 0.789. The Morgan fingerprint density at radius 1 is 0.750 bits per heavy atom. The number of allylic oxidation sites excluding steroid dienone is 2. The van der Waals surface area contributed by atoms with Gasteiger partial charge in [-0.05, 0) is 25.1 Å². The molecule has 0 bridgehead atoms. The molecule has 0 saturated carbocycles. The maximum atomic E-state index is 2.50. The topological polar surface area (TPSA) is 3.24 Å². The Balaban J connectivity index is 1.89. The highest BCUT2D eigenvalue weighted by Gasteiger charge is 2.11. The molecule has 1 heteroatoms. The summed E-state index contributed by atoms with van der Waals surface area (Å²) in [6.45, 7) is 5.80. The van der Waals surface area contributed by atoms with Gasteiger partial charge in [0.15, 0.2) is 0 Å². The van der Waals surface area contributed by atoms with Crippen molar-refractivity contribution in [2.75, 3.05) is 6.54 Å². The molecular weight excluding hydrogens is 242 g/mol. The van der Waals surface area contributed by atoms with Gasteiger partial charge >= 0.3 is 0 Å². The lowest BCUT2D eigenvalue weighted by Gasteiger charge is -2.29. The molecule has 1 aliphatic heterocycles. The Morgan fingerprint density at radius 3 is 1.95 bits per heavy atom. The molecule has 0 N–H and O–H groups in total. The van der Waals surface area contributed by atoms with Crippen LogP contribution in [0.3, 0.4) is 0 Å². The highest BCUT2D eigenvalue weighted by Crippen LogP contribution is 2.14. The van der Waals surface area contributed by atoms with Crippen LogP contribution in [0, 0.1) is 0 Å². The summed E-state index contributed by atoms with van der Waals surface area (Å²) in [4.78, 5) is 2.50. The number of hydrogen-bond acceptors (Lipinski definition) is 1. The van der Waals surface area contributed by atoms with Gasteiger partial charge in [-0.2, -0.15) is 0 Å². The van der Waals surface area contributed by atoms with Crippen molar-refractivity contribution >= 4 is 0 Å². The van der Waals surface area contributed by atoms with Crippen LogP contribution in [0.15, 0.2) is 24.4 Å². The molecule has 1 unspecified atom stereocenters. The molecule has 20 heavy (non-hydrogen) atoms. The average molecular weight is 277 g/mol. The SMILES string of the molecule is CCCCCCCCCCCCN1C=CC=CC1CC. The second-order valence-electron chi connectivity index (χ2n) is 6.12. The third kappa shape index (κ3) is 7.77. The molecule has 0 aromatic carbocycles. The molecule has 1 aliphatic rings. The predicted octanol–water partition coefficient (Wildman–Crippen LogP) is 6.07. The Labute approximate surface area is 127 Å². The molecule has 0 aliphatic carbocycles. The van der Waals surface area contributed by atoms with Crippen molar-refractivity contribution < 1.29 is 0 Å². The van der Waals surface area contributed by atoms with E-state index in [9.17, 15) is 0 Å². The first-order valence-electron chi connectivity index (χ1n) is 8.99. The lowest BCUT2D eigenvalue weighted by Crippen LogP contribution is -2.30. The van der Waals surface area contributed by atoms with Crippen molar-refractivity contribution in [1.82, 2.24) is 4.90 Å². The van der Waals surface area contributed by atoms with Crippen molar-refractivity contribution in [3.8, 4) is 0 Å². The molecule has 0 spiro atoms. The van der Waals surface area contributed by atoms with Gasteiger partial charge in [0, 0.05) is 12.6 Å². The highest BCUT2D eigenvalue weighted by molar-refractivity contribution is 5.12. The van der Waals surface area contributed by atoms with E-state index in [-0.39, 0.29) is 0 Å². The Kier molecular flexibility index (Phi) is 10.4. The summed E-state index contributed by atoms with van der Waals surface area (Å²) in [5.41, 5.74) is 0. The van der Waals surface area contributed by atoms with Gasteiger partial charge in [-0.1, -0.05) is 83.8 Å². The Bertz CT molecular complexity index is 267. The van der Waals surface area contributed by atoms with Crippen molar-refractivity contribution in [2.45, 2.75) is 90.5 Å². The molecule has 0 saturated heterocycles. The smallest absolute Gasteiger partial charge is 0.0467 e. The van der Waals surface area contributed by atoms with Crippen LogP contribution in [0.4, 0.5) is 0 Å². The molecule has 1 rings (SSSR count). The van der Waals surface area contributed by atoms with Crippen LogP contribution in [0.25, 0.3) is 0 Å². The maximum absolute atomic E-state index is 2.50. The van der Waals surface area contributed by atoms with Crippen LogP contribution < -0.4 is 0 Å². The Morgan fingerprint density at radius 2 is 1.35 bits per heavy atom. The van der Waals surface area contributed by atoms with Crippen LogP contribution in [-0.4, -0.2) is 17.5 Å². The van der Waals surface area contributed by atoms with E-state index in [0.29, 0.717) is 6.04 Å². The molecule has 0 aromatic rings. The van der Waals surface area contributed by atoms with Crippen LogP contribution in [-0.2, 0) is 0 Å². The summed E-state index contributed by atoms with van der Waals surface area (Å²) < 4.78 is 0. The fourth-order valence-corrected chi connectivity index (χ4v) is 2.97. The molecular formula is C19H35N. The molecule has 1 heterocycles. The van der Waals surface area contributed by atoms with E-state index in [1.807, 2.05) is 0 Å². The lowest BCUT2D eigenvalue weighted by molar-refractivity contribution is 0.300. The average Bonchev–Trinajstić information content (AvgIpc) is 2.49. The molecule has 1 nitrogen and oxygen atoms in total. The van der Waals surface area contributed by atoms with Crippen molar-refractivity contribution in [3.05, 3.63) is 24.4 Å². The second-order valence-corrected chi connectivity index (χ2v) is 6.12. The number of nitrogens with zero attached hydrogens (tertiary/aromatic N) is 1. The molecule has 0 aromatic heterocycles. The van der Waals surface area contributed by atoms with Crippen molar-refractivity contribution in [1.29, 1.82) is 0 Å². The summed E-state index contributed by atoms with van der Waals surface area (Å²) in [6, 6.07) is 0.638.